The SMILES string of the molecule is Cc1ccc(C)n1-c1cc(C(=O)N2CCN(c3ccc(O)cc3)CC2)ccc1C(=O)O. The first-order valence-electron chi connectivity index (χ1n) is 10.2. The van der Waals surface area contributed by atoms with Crippen LogP contribution in [0.25, 0.3) is 5.69 Å². The fraction of sp³-hybridized carbons (Fsp3) is 0.250. The fourth-order valence-corrected chi connectivity index (χ4v) is 4.09. The van der Waals surface area contributed by atoms with Crippen LogP contribution in [0.4, 0.5) is 5.69 Å². The zero-order valence-electron chi connectivity index (χ0n) is 17.6. The lowest BCUT2D eigenvalue weighted by molar-refractivity contribution is 0.0693. The number of phenolic OH excluding ortho intramolecular Hbond substituents is 1. The van der Waals surface area contributed by atoms with E-state index >= 15 is 0 Å². The van der Waals surface area contributed by atoms with Crippen LogP contribution in [-0.2, 0) is 0 Å². The molecule has 1 fully saturated rings. The van der Waals surface area contributed by atoms with Crippen molar-refractivity contribution in [3.63, 3.8) is 0 Å². The topological polar surface area (TPSA) is 86.0 Å². The van der Waals surface area contributed by atoms with E-state index in [1.807, 2.05) is 42.7 Å². The number of carboxylic acids is 1. The molecule has 0 unspecified atom stereocenters. The number of aromatic hydroxyl groups is 1. The maximum atomic E-state index is 13.2. The molecule has 7 nitrogen and oxygen atoms in total. The molecule has 1 aliphatic heterocycles. The average Bonchev–Trinajstić information content (AvgIpc) is 3.11. The largest absolute Gasteiger partial charge is 0.508 e. The lowest BCUT2D eigenvalue weighted by atomic mass is 10.1. The second kappa shape index (κ2) is 8.18. The summed E-state index contributed by atoms with van der Waals surface area (Å²) in [6, 6.07) is 15.7. The van der Waals surface area contributed by atoms with Gasteiger partial charge in [0.1, 0.15) is 5.75 Å². The third-order valence-corrected chi connectivity index (χ3v) is 5.77. The molecule has 1 saturated heterocycles. The molecule has 2 aromatic carbocycles. The number of aryl methyl sites for hydroxylation is 2. The van der Waals surface area contributed by atoms with Gasteiger partial charge < -0.3 is 24.6 Å². The number of benzene rings is 2. The molecule has 1 aliphatic rings. The zero-order valence-corrected chi connectivity index (χ0v) is 17.6. The number of amides is 1. The molecule has 0 saturated carbocycles. The molecule has 31 heavy (non-hydrogen) atoms. The number of phenols is 1. The fourth-order valence-electron chi connectivity index (χ4n) is 4.09. The quantitative estimate of drug-likeness (QED) is 0.676. The van der Waals surface area contributed by atoms with Gasteiger partial charge in [0.25, 0.3) is 5.91 Å². The first kappa shape index (κ1) is 20.5. The van der Waals surface area contributed by atoms with Gasteiger partial charge in [0.05, 0.1) is 11.3 Å². The second-order valence-corrected chi connectivity index (χ2v) is 7.78. The predicted octanol–water partition coefficient (Wildman–Crippen LogP) is 3.46. The molecule has 0 radical (unpaired) electrons. The molecule has 4 rings (SSSR count). The molecule has 0 spiro atoms. The highest BCUT2D eigenvalue weighted by molar-refractivity contribution is 5.98. The van der Waals surface area contributed by atoms with E-state index in [1.54, 1.807) is 29.2 Å². The maximum absolute atomic E-state index is 13.2. The highest BCUT2D eigenvalue weighted by Crippen LogP contribution is 2.24. The first-order chi connectivity index (χ1) is 14.8. The molecule has 2 N–H and O–H groups in total. The molecular weight excluding hydrogens is 394 g/mol. The zero-order chi connectivity index (χ0) is 22.1. The van der Waals surface area contributed by atoms with E-state index in [4.69, 9.17) is 0 Å². The number of hydrogen-bond donors (Lipinski definition) is 2. The Bertz CT molecular complexity index is 1110. The molecule has 160 valence electrons. The monoisotopic (exact) mass is 419 g/mol. The average molecular weight is 419 g/mol. The normalized spacial score (nSPS) is 14.0. The lowest BCUT2D eigenvalue weighted by Gasteiger charge is -2.36. The number of carbonyl (C=O) groups excluding carboxylic acids is 1. The summed E-state index contributed by atoms with van der Waals surface area (Å²) in [5, 5.41) is 19.1. The number of carbonyl (C=O) groups is 2. The van der Waals surface area contributed by atoms with Gasteiger partial charge in [0.15, 0.2) is 0 Å². The molecule has 1 aromatic heterocycles. The van der Waals surface area contributed by atoms with E-state index < -0.39 is 5.97 Å². The maximum Gasteiger partial charge on any atom is 0.337 e. The van der Waals surface area contributed by atoms with E-state index in [-0.39, 0.29) is 17.2 Å². The van der Waals surface area contributed by atoms with Crippen molar-refractivity contribution < 1.29 is 19.8 Å². The van der Waals surface area contributed by atoms with Crippen LogP contribution in [-0.4, -0.2) is 57.7 Å². The van der Waals surface area contributed by atoms with Crippen LogP contribution >= 0.6 is 0 Å². The Balaban J connectivity index is 1.56. The molecule has 0 atom stereocenters. The van der Waals surface area contributed by atoms with Crippen molar-refractivity contribution in [2.75, 3.05) is 31.1 Å². The number of anilines is 1. The van der Waals surface area contributed by atoms with Crippen molar-refractivity contribution >= 4 is 17.6 Å². The van der Waals surface area contributed by atoms with E-state index in [1.165, 1.54) is 6.07 Å². The van der Waals surface area contributed by atoms with E-state index in [0.29, 0.717) is 37.4 Å². The summed E-state index contributed by atoms with van der Waals surface area (Å²) in [5.41, 5.74) is 3.97. The van der Waals surface area contributed by atoms with Crippen LogP contribution in [0.1, 0.15) is 32.1 Å². The van der Waals surface area contributed by atoms with Gasteiger partial charge in [0, 0.05) is 48.8 Å². The van der Waals surface area contributed by atoms with Crippen LogP contribution in [0.5, 0.6) is 5.75 Å². The highest BCUT2D eigenvalue weighted by atomic mass is 16.4. The standard InChI is InChI=1S/C24H25N3O4/c1-16-3-4-17(2)27(16)22-15-18(5-10-21(22)24(30)31)23(29)26-13-11-25(12-14-26)19-6-8-20(28)9-7-19/h3-10,15,28H,11-14H2,1-2H3,(H,30,31). The molecule has 0 aliphatic carbocycles. The van der Waals surface area contributed by atoms with Gasteiger partial charge in [-0.1, -0.05) is 0 Å². The summed E-state index contributed by atoms with van der Waals surface area (Å²) in [7, 11) is 0. The number of hydrogen-bond acceptors (Lipinski definition) is 4. The molecule has 1 amide bonds. The first-order valence-corrected chi connectivity index (χ1v) is 10.2. The predicted molar refractivity (Wildman–Crippen MR) is 118 cm³/mol. The molecule has 2 heterocycles. The Labute approximate surface area is 180 Å². The minimum atomic E-state index is -1.02. The minimum Gasteiger partial charge on any atom is -0.508 e. The summed E-state index contributed by atoms with van der Waals surface area (Å²) in [6.45, 7) is 6.33. The molecular formula is C24H25N3O4. The number of piperazine rings is 1. The van der Waals surface area contributed by atoms with Gasteiger partial charge in [-0.15, -0.1) is 0 Å². The number of aromatic nitrogens is 1. The van der Waals surface area contributed by atoms with Gasteiger partial charge in [0.2, 0.25) is 0 Å². The lowest BCUT2D eigenvalue weighted by Crippen LogP contribution is -2.48. The third-order valence-electron chi connectivity index (χ3n) is 5.77. The number of rotatable bonds is 4. The van der Waals surface area contributed by atoms with Crippen molar-refractivity contribution in [2.24, 2.45) is 0 Å². The van der Waals surface area contributed by atoms with Gasteiger partial charge in [-0.25, -0.2) is 4.79 Å². The van der Waals surface area contributed by atoms with Gasteiger partial charge in [-0.05, 0) is 68.4 Å². The summed E-state index contributed by atoms with van der Waals surface area (Å²) >= 11 is 0. The van der Waals surface area contributed by atoms with Crippen LogP contribution in [0.15, 0.2) is 54.6 Å². The van der Waals surface area contributed by atoms with Crippen LogP contribution < -0.4 is 4.90 Å². The highest BCUT2D eigenvalue weighted by Gasteiger charge is 2.24. The second-order valence-electron chi connectivity index (χ2n) is 7.78. The van der Waals surface area contributed by atoms with Crippen molar-refractivity contribution in [2.45, 2.75) is 13.8 Å². The Morgan fingerprint density at radius 1 is 0.839 bits per heavy atom. The molecule has 3 aromatic rings. The van der Waals surface area contributed by atoms with E-state index in [0.717, 1.165) is 17.1 Å². The smallest absolute Gasteiger partial charge is 0.337 e. The van der Waals surface area contributed by atoms with Crippen molar-refractivity contribution in [3.8, 4) is 11.4 Å². The molecule has 7 heteroatoms. The number of aromatic carboxylic acids is 1. The summed E-state index contributed by atoms with van der Waals surface area (Å²) in [6.07, 6.45) is 0. The van der Waals surface area contributed by atoms with Gasteiger partial charge in [-0.2, -0.15) is 0 Å². The van der Waals surface area contributed by atoms with Crippen LogP contribution in [0.2, 0.25) is 0 Å². The van der Waals surface area contributed by atoms with Crippen molar-refractivity contribution in [1.82, 2.24) is 9.47 Å². The minimum absolute atomic E-state index is 0.106. The van der Waals surface area contributed by atoms with Crippen molar-refractivity contribution in [3.05, 3.63) is 77.1 Å². The number of nitrogens with zero attached hydrogens (tertiary/aromatic N) is 3. The van der Waals surface area contributed by atoms with Crippen molar-refractivity contribution in [1.29, 1.82) is 0 Å². The van der Waals surface area contributed by atoms with Gasteiger partial charge in [-0.3, -0.25) is 4.79 Å². The molecule has 0 bridgehead atoms. The summed E-state index contributed by atoms with van der Waals surface area (Å²) in [5.74, 6) is -0.902. The number of carboxylic acid groups (broad SMARTS) is 1. The third kappa shape index (κ3) is 3.99. The van der Waals surface area contributed by atoms with Gasteiger partial charge >= 0.3 is 5.97 Å². The summed E-state index contributed by atoms with van der Waals surface area (Å²) in [4.78, 5) is 28.9. The Kier molecular flexibility index (Phi) is 5.42. The van der Waals surface area contributed by atoms with E-state index in [9.17, 15) is 19.8 Å². The van der Waals surface area contributed by atoms with Crippen LogP contribution in [0, 0.1) is 13.8 Å². The Morgan fingerprint density at radius 3 is 2.03 bits per heavy atom. The Hall–Kier alpha value is -3.74. The summed E-state index contributed by atoms with van der Waals surface area (Å²) < 4.78 is 1.86. The van der Waals surface area contributed by atoms with Crippen LogP contribution in [0.3, 0.4) is 0 Å². The van der Waals surface area contributed by atoms with E-state index in [2.05, 4.69) is 4.90 Å². The Morgan fingerprint density at radius 2 is 1.45 bits per heavy atom.